The zero-order valence-corrected chi connectivity index (χ0v) is 13.0. The third kappa shape index (κ3) is 5.91. The third-order valence-corrected chi connectivity index (χ3v) is 3.86. The molecule has 2 rings (SSSR count). The van der Waals surface area contributed by atoms with Crippen molar-refractivity contribution >= 4 is 11.6 Å². The molecular formula is C17H27Cl. The minimum atomic E-state index is 0.702. The van der Waals surface area contributed by atoms with Crippen LogP contribution >= 0.6 is 11.6 Å². The van der Waals surface area contributed by atoms with Crippen LogP contribution in [0.3, 0.4) is 0 Å². The van der Waals surface area contributed by atoms with E-state index in [0.29, 0.717) is 5.92 Å². The number of hydrogen-bond donors (Lipinski definition) is 0. The average molecular weight is 267 g/mol. The molecule has 1 fully saturated rings. The summed E-state index contributed by atoms with van der Waals surface area (Å²) in [4.78, 5) is 0. The molecule has 0 atom stereocenters. The highest BCUT2D eigenvalue weighted by Gasteiger charge is 2.19. The molecule has 1 saturated carbocycles. The van der Waals surface area contributed by atoms with E-state index >= 15 is 0 Å². The van der Waals surface area contributed by atoms with E-state index in [0.717, 1.165) is 23.3 Å². The van der Waals surface area contributed by atoms with Gasteiger partial charge < -0.3 is 0 Å². The average Bonchev–Trinajstić information content (AvgIpc) is 2.13. The van der Waals surface area contributed by atoms with Gasteiger partial charge in [-0.1, -0.05) is 70.7 Å². The number of benzene rings is 1. The van der Waals surface area contributed by atoms with Crippen molar-refractivity contribution in [3.8, 4) is 0 Å². The van der Waals surface area contributed by atoms with E-state index in [1.165, 1.54) is 24.8 Å². The van der Waals surface area contributed by atoms with Crippen LogP contribution < -0.4 is 0 Å². The Morgan fingerprint density at radius 2 is 1.83 bits per heavy atom. The fraction of sp³-hybridized carbons (Fsp3) is 0.647. The van der Waals surface area contributed by atoms with E-state index in [1.54, 1.807) is 0 Å². The quantitative estimate of drug-likeness (QED) is 0.631. The van der Waals surface area contributed by atoms with Gasteiger partial charge in [-0.2, -0.15) is 0 Å². The van der Waals surface area contributed by atoms with E-state index in [1.807, 2.05) is 18.2 Å². The first-order valence-electron chi connectivity index (χ1n) is 7.23. The summed E-state index contributed by atoms with van der Waals surface area (Å²) in [6, 6.07) is 8.05. The van der Waals surface area contributed by atoms with Crippen LogP contribution in [-0.4, -0.2) is 0 Å². The molecule has 0 aromatic heterocycles. The molecule has 0 bridgehead atoms. The maximum atomic E-state index is 5.83. The molecule has 0 radical (unpaired) electrons. The van der Waals surface area contributed by atoms with E-state index in [9.17, 15) is 0 Å². The van der Waals surface area contributed by atoms with Gasteiger partial charge in [0, 0.05) is 5.02 Å². The number of rotatable bonds is 3. The van der Waals surface area contributed by atoms with Crippen molar-refractivity contribution in [2.75, 3.05) is 0 Å². The molecule has 1 aliphatic rings. The van der Waals surface area contributed by atoms with Crippen LogP contribution in [0.4, 0.5) is 0 Å². The van der Waals surface area contributed by atoms with Gasteiger partial charge in [0.15, 0.2) is 0 Å². The summed E-state index contributed by atoms with van der Waals surface area (Å²) in [7, 11) is 0. The lowest BCUT2D eigenvalue weighted by Crippen LogP contribution is -2.16. The summed E-state index contributed by atoms with van der Waals surface area (Å²) in [6.07, 6.45) is 5.60. The SMILES string of the molecule is CC(C)C1CCC1.CC(C)Cc1cccc(Cl)c1. The van der Waals surface area contributed by atoms with Gasteiger partial charge >= 0.3 is 0 Å². The summed E-state index contributed by atoms with van der Waals surface area (Å²) in [5, 5.41) is 0.836. The molecule has 1 aromatic rings. The Morgan fingerprint density at radius 1 is 1.17 bits per heavy atom. The van der Waals surface area contributed by atoms with Crippen LogP contribution in [0, 0.1) is 17.8 Å². The molecule has 0 unspecified atom stereocenters. The molecule has 0 aliphatic heterocycles. The molecular weight excluding hydrogens is 240 g/mol. The van der Waals surface area contributed by atoms with Crippen molar-refractivity contribution in [3.63, 3.8) is 0 Å². The van der Waals surface area contributed by atoms with Gasteiger partial charge in [0.25, 0.3) is 0 Å². The van der Waals surface area contributed by atoms with Gasteiger partial charge in [0.05, 0.1) is 0 Å². The van der Waals surface area contributed by atoms with Crippen molar-refractivity contribution in [2.45, 2.75) is 53.4 Å². The minimum Gasteiger partial charge on any atom is -0.0843 e. The predicted molar refractivity (Wildman–Crippen MR) is 82.2 cm³/mol. The van der Waals surface area contributed by atoms with Crippen LogP contribution in [0.25, 0.3) is 0 Å². The molecule has 0 amide bonds. The zero-order chi connectivity index (χ0) is 13.5. The van der Waals surface area contributed by atoms with Crippen LogP contribution in [0.2, 0.25) is 5.02 Å². The molecule has 102 valence electrons. The van der Waals surface area contributed by atoms with Gasteiger partial charge in [0.2, 0.25) is 0 Å². The largest absolute Gasteiger partial charge is 0.0843 e. The van der Waals surface area contributed by atoms with E-state index in [-0.39, 0.29) is 0 Å². The normalized spacial score (nSPS) is 15.3. The van der Waals surface area contributed by atoms with E-state index < -0.39 is 0 Å². The van der Waals surface area contributed by atoms with Crippen molar-refractivity contribution in [1.82, 2.24) is 0 Å². The van der Waals surface area contributed by atoms with Crippen LogP contribution in [0.15, 0.2) is 24.3 Å². The van der Waals surface area contributed by atoms with Gasteiger partial charge in [-0.3, -0.25) is 0 Å². The molecule has 0 N–H and O–H groups in total. The second kappa shape index (κ2) is 7.84. The van der Waals surface area contributed by atoms with Crippen molar-refractivity contribution in [2.24, 2.45) is 17.8 Å². The summed E-state index contributed by atoms with van der Waals surface area (Å²) in [6.45, 7) is 9.06. The zero-order valence-electron chi connectivity index (χ0n) is 12.2. The third-order valence-electron chi connectivity index (χ3n) is 3.63. The lowest BCUT2D eigenvalue weighted by molar-refractivity contribution is 0.235. The van der Waals surface area contributed by atoms with Gasteiger partial charge in [-0.25, -0.2) is 0 Å². The Bertz CT molecular complexity index is 337. The molecule has 0 saturated heterocycles. The summed E-state index contributed by atoms with van der Waals surface area (Å²) >= 11 is 5.83. The van der Waals surface area contributed by atoms with Crippen LogP contribution in [0.1, 0.15) is 52.5 Å². The maximum absolute atomic E-state index is 5.83. The molecule has 0 heterocycles. The molecule has 1 aromatic carbocycles. The fourth-order valence-corrected chi connectivity index (χ4v) is 2.45. The van der Waals surface area contributed by atoms with Crippen molar-refractivity contribution in [1.29, 1.82) is 0 Å². The Labute approximate surface area is 118 Å². The van der Waals surface area contributed by atoms with Crippen molar-refractivity contribution in [3.05, 3.63) is 34.9 Å². The Balaban J connectivity index is 0.000000199. The number of hydrogen-bond acceptors (Lipinski definition) is 0. The summed E-state index contributed by atoms with van der Waals surface area (Å²) in [5.74, 6) is 2.74. The second-order valence-electron chi connectivity index (χ2n) is 6.16. The van der Waals surface area contributed by atoms with Gasteiger partial charge in [-0.05, 0) is 41.9 Å². The highest BCUT2D eigenvalue weighted by atomic mass is 35.5. The van der Waals surface area contributed by atoms with Crippen molar-refractivity contribution < 1.29 is 0 Å². The first kappa shape index (κ1) is 15.6. The molecule has 0 nitrogen and oxygen atoms in total. The van der Waals surface area contributed by atoms with E-state index in [4.69, 9.17) is 11.6 Å². The minimum absolute atomic E-state index is 0.702. The Kier molecular flexibility index (Phi) is 6.78. The van der Waals surface area contributed by atoms with E-state index in [2.05, 4.69) is 33.8 Å². The first-order valence-corrected chi connectivity index (χ1v) is 7.61. The Hall–Kier alpha value is -0.490. The topological polar surface area (TPSA) is 0 Å². The van der Waals surface area contributed by atoms with Crippen LogP contribution in [0.5, 0.6) is 0 Å². The van der Waals surface area contributed by atoms with Crippen LogP contribution in [-0.2, 0) is 6.42 Å². The molecule has 0 spiro atoms. The van der Waals surface area contributed by atoms with Gasteiger partial charge in [-0.15, -0.1) is 0 Å². The maximum Gasteiger partial charge on any atom is 0.0408 e. The molecule has 18 heavy (non-hydrogen) atoms. The van der Waals surface area contributed by atoms with Gasteiger partial charge in [0.1, 0.15) is 0 Å². The monoisotopic (exact) mass is 266 g/mol. The summed E-state index contributed by atoms with van der Waals surface area (Å²) < 4.78 is 0. The lowest BCUT2D eigenvalue weighted by atomic mass is 9.78. The highest BCUT2D eigenvalue weighted by molar-refractivity contribution is 6.30. The lowest BCUT2D eigenvalue weighted by Gasteiger charge is -2.28. The standard InChI is InChI=1S/C10H13Cl.C7H14/c1-8(2)6-9-4-3-5-10(11)7-9;1-6(2)7-4-3-5-7/h3-5,7-8H,6H2,1-2H3;6-7H,3-5H2,1-2H3. The second-order valence-corrected chi connectivity index (χ2v) is 6.60. The summed E-state index contributed by atoms with van der Waals surface area (Å²) in [5.41, 5.74) is 1.33. The first-order chi connectivity index (χ1) is 8.49. The Morgan fingerprint density at radius 3 is 2.17 bits per heavy atom. The molecule has 1 aliphatic carbocycles. The number of halogens is 1. The smallest absolute Gasteiger partial charge is 0.0408 e. The highest BCUT2D eigenvalue weighted by Crippen LogP contribution is 2.32. The fourth-order valence-electron chi connectivity index (χ4n) is 2.24. The predicted octanol–water partition coefficient (Wildman–Crippen LogP) is 5.98. The molecule has 1 heteroatoms.